The van der Waals surface area contributed by atoms with E-state index in [2.05, 4.69) is 6.58 Å². The highest BCUT2D eigenvalue weighted by atomic mass is 16.3. The van der Waals surface area contributed by atoms with Crippen molar-refractivity contribution in [3.63, 3.8) is 0 Å². The maximum Gasteiger partial charge on any atom is 0.213 e. The average Bonchev–Trinajstić information content (AvgIpc) is 1.91. The maximum absolute atomic E-state index is 10.0. The van der Waals surface area contributed by atoms with Crippen LogP contribution in [0.1, 0.15) is 6.42 Å². The fourth-order valence-electron chi connectivity index (χ4n) is 0.440. The molecule has 3 heteroatoms. The van der Waals surface area contributed by atoms with Crippen LogP contribution < -0.4 is 0 Å². The van der Waals surface area contributed by atoms with E-state index in [-0.39, 0.29) is 6.61 Å². The van der Waals surface area contributed by atoms with E-state index in [0.29, 0.717) is 19.4 Å². The third-order valence-corrected chi connectivity index (χ3v) is 0.944. The van der Waals surface area contributed by atoms with Crippen molar-refractivity contribution < 1.29 is 9.90 Å². The van der Waals surface area contributed by atoms with Gasteiger partial charge in [-0.05, 0) is 12.6 Å². The monoisotopic (exact) mass is 129 g/mol. The predicted molar refractivity (Wildman–Crippen MR) is 34.7 cm³/mol. The zero-order valence-electron chi connectivity index (χ0n) is 5.29. The Balaban J connectivity index is 3.30. The van der Waals surface area contributed by atoms with Gasteiger partial charge in [0, 0.05) is 13.2 Å². The molecule has 0 aliphatic heterocycles. The second-order valence-electron chi connectivity index (χ2n) is 1.60. The van der Waals surface area contributed by atoms with Crippen LogP contribution in [-0.2, 0) is 4.79 Å². The smallest absolute Gasteiger partial charge is 0.213 e. The lowest BCUT2D eigenvalue weighted by Gasteiger charge is -2.08. The Morgan fingerprint density at radius 1 is 1.67 bits per heavy atom. The summed E-state index contributed by atoms with van der Waals surface area (Å²) in [7, 11) is 0. The van der Waals surface area contributed by atoms with Gasteiger partial charge < -0.3 is 10.0 Å². The highest BCUT2D eigenvalue weighted by Gasteiger charge is 1.91. The quantitative estimate of drug-likeness (QED) is 0.529. The molecule has 0 saturated carbocycles. The molecular weight excluding hydrogens is 118 g/mol. The van der Waals surface area contributed by atoms with Gasteiger partial charge in [-0.2, -0.15) is 0 Å². The summed E-state index contributed by atoms with van der Waals surface area (Å²) in [5, 5.41) is 8.33. The van der Waals surface area contributed by atoms with E-state index in [1.807, 2.05) is 0 Å². The van der Waals surface area contributed by atoms with Crippen molar-refractivity contribution in [2.24, 2.45) is 0 Å². The van der Waals surface area contributed by atoms with E-state index in [9.17, 15) is 4.79 Å². The van der Waals surface area contributed by atoms with Crippen molar-refractivity contribution in [2.45, 2.75) is 6.42 Å². The molecule has 0 radical (unpaired) electrons. The van der Waals surface area contributed by atoms with Gasteiger partial charge in [0.25, 0.3) is 0 Å². The number of aliphatic hydroxyl groups is 1. The lowest BCUT2D eigenvalue weighted by atomic mass is 10.4. The summed E-state index contributed by atoms with van der Waals surface area (Å²) in [6.45, 7) is 4.05. The lowest BCUT2D eigenvalue weighted by molar-refractivity contribution is -0.116. The molecule has 0 atom stereocenters. The van der Waals surface area contributed by atoms with Gasteiger partial charge in [-0.25, -0.2) is 0 Å². The van der Waals surface area contributed by atoms with Gasteiger partial charge in [0.05, 0.1) is 0 Å². The standard InChI is InChI=1S/C6H11NO2/c1-2-7(6-9)4-3-5-8/h2,6,8H,1,3-5H2. The molecule has 0 aliphatic rings. The van der Waals surface area contributed by atoms with Crippen LogP contribution in [-0.4, -0.2) is 29.6 Å². The van der Waals surface area contributed by atoms with Crippen LogP contribution in [0.2, 0.25) is 0 Å². The third kappa shape index (κ3) is 3.73. The number of hydrogen-bond acceptors (Lipinski definition) is 2. The second kappa shape index (κ2) is 5.31. The second-order valence-corrected chi connectivity index (χ2v) is 1.60. The zero-order chi connectivity index (χ0) is 7.11. The van der Waals surface area contributed by atoms with Crippen LogP contribution in [0, 0.1) is 0 Å². The third-order valence-electron chi connectivity index (χ3n) is 0.944. The van der Waals surface area contributed by atoms with Crippen molar-refractivity contribution in [1.82, 2.24) is 4.90 Å². The Labute approximate surface area is 54.6 Å². The first kappa shape index (κ1) is 8.17. The van der Waals surface area contributed by atoms with Gasteiger partial charge in [-0.3, -0.25) is 4.79 Å². The number of aliphatic hydroxyl groups excluding tert-OH is 1. The molecule has 0 saturated heterocycles. The van der Waals surface area contributed by atoms with Crippen LogP contribution in [0.5, 0.6) is 0 Å². The first-order valence-electron chi connectivity index (χ1n) is 2.79. The zero-order valence-corrected chi connectivity index (χ0v) is 5.29. The molecule has 52 valence electrons. The fourth-order valence-corrected chi connectivity index (χ4v) is 0.440. The van der Waals surface area contributed by atoms with Gasteiger partial charge in [0.1, 0.15) is 0 Å². The van der Waals surface area contributed by atoms with Gasteiger partial charge in [0.15, 0.2) is 0 Å². The van der Waals surface area contributed by atoms with Crippen molar-refractivity contribution in [1.29, 1.82) is 0 Å². The topological polar surface area (TPSA) is 40.5 Å². The van der Waals surface area contributed by atoms with Crippen molar-refractivity contribution >= 4 is 6.41 Å². The molecule has 3 nitrogen and oxygen atoms in total. The number of carbonyl (C=O) groups excluding carboxylic acids is 1. The Morgan fingerprint density at radius 2 is 2.33 bits per heavy atom. The SMILES string of the molecule is C=CN(C=O)CCCO. The van der Waals surface area contributed by atoms with E-state index >= 15 is 0 Å². The Morgan fingerprint density at radius 3 is 2.67 bits per heavy atom. The molecule has 0 bridgehead atoms. The Kier molecular flexibility index (Phi) is 4.82. The number of carbonyl (C=O) groups is 1. The van der Waals surface area contributed by atoms with Gasteiger partial charge >= 0.3 is 0 Å². The van der Waals surface area contributed by atoms with Gasteiger partial charge in [-0.15, -0.1) is 0 Å². The predicted octanol–water partition coefficient (Wildman–Crippen LogP) is -0.0293. The van der Waals surface area contributed by atoms with Crippen molar-refractivity contribution in [3.8, 4) is 0 Å². The minimum Gasteiger partial charge on any atom is -0.396 e. The summed E-state index contributed by atoms with van der Waals surface area (Å²) in [5.41, 5.74) is 0. The Bertz CT molecular complexity index is 85.1. The molecule has 9 heavy (non-hydrogen) atoms. The van der Waals surface area contributed by atoms with Crippen LogP contribution in [0.3, 0.4) is 0 Å². The lowest BCUT2D eigenvalue weighted by Crippen LogP contribution is -2.16. The molecule has 0 aromatic rings. The van der Waals surface area contributed by atoms with Crippen LogP contribution in [0.25, 0.3) is 0 Å². The van der Waals surface area contributed by atoms with Crippen LogP contribution in [0.15, 0.2) is 12.8 Å². The number of rotatable bonds is 5. The molecule has 1 N–H and O–H groups in total. The number of hydrogen-bond donors (Lipinski definition) is 1. The summed E-state index contributed by atoms with van der Waals surface area (Å²) in [5.74, 6) is 0. The summed E-state index contributed by atoms with van der Waals surface area (Å²) >= 11 is 0. The molecular formula is C6H11NO2. The van der Waals surface area contributed by atoms with Crippen LogP contribution in [0.4, 0.5) is 0 Å². The van der Waals surface area contributed by atoms with Gasteiger partial charge in [0.2, 0.25) is 6.41 Å². The first-order valence-corrected chi connectivity index (χ1v) is 2.79. The average molecular weight is 129 g/mol. The normalized spacial score (nSPS) is 8.56. The molecule has 0 unspecified atom stereocenters. The molecule has 0 spiro atoms. The van der Waals surface area contributed by atoms with E-state index in [4.69, 9.17) is 5.11 Å². The van der Waals surface area contributed by atoms with Crippen molar-refractivity contribution in [2.75, 3.05) is 13.2 Å². The van der Waals surface area contributed by atoms with E-state index in [1.54, 1.807) is 0 Å². The van der Waals surface area contributed by atoms with Crippen LogP contribution >= 0.6 is 0 Å². The minimum atomic E-state index is 0.109. The molecule has 0 heterocycles. The minimum absolute atomic E-state index is 0.109. The fraction of sp³-hybridized carbons (Fsp3) is 0.500. The summed E-state index contributed by atoms with van der Waals surface area (Å²) < 4.78 is 0. The van der Waals surface area contributed by atoms with E-state index in [0.717, 1.165) is 0 Å². The first-order chi connectivity index (χ1) is 4.35. The highest BCUT2D eigenvalue weighted by molar-refractivity contribution is 5.48. The summed E-state index contributed by atoms with van der Waals surface area (Å²) in [6, 6.07) is 0. The van der Waals surface area contributed by atoms with Gasteiger partial charge in [-0.1, -0.05) is 6.58 Å². The van der Waals surface area contributed by atoms with E-state index < -0.39 is 0 Å². The highest BCUT2D eigenvalue weighted by Crippen LogP contribution is 1.85. The largest absolute Gasteiger partial charge is 0.396 e. The van der Waals surface area contributed by atoms with Crippen molar-refractivity contribution in [3.05, 3.63) is 12.8 Å². The molecule has 0 rings (SSSR count). The Hall–Kier alpha value is -0.830. The summed E-state index contributed by atoms with van der Waals surface area (Å²) in [4.78, 5) is 11.4. The molecule has 0 aromatic heterocycles. The molecule has 0 fully saturated rings. The number of nitrogens with zero attached hydrogens (tertiary/aromatic N) is 1. The maximum atomic E-state index is 10.0. The molecule has 1 amide bonds. The number of amides is 1. The van der Waals surface area contributed by atoms with E-state index in [1.165, 1.54) is 11.1 Å². The molecule has 0 aliphatic carbocycles. The summed E-state index contributed by atoms with van der Waals surface area (Å²) in [6.07, 6.45) is 2.72. The molecule has 0 aromatic carbocycles.